The molecule has 1 aliphatic carbocycles. The molecule has 0 spiro atoms. The summed E-state index contributed by atoms with van der Waals surface area (Å²) < 4.78 is 2.03. The van der Waals surface area contributed by atoms with Crippen LogP contribution in [0.15, 0.2) is 12.4 Å². The molecule has 0 bridgehead atoms. The summed E-state index contributed by atoms with van der Waals surface area (Å²) in [6.45, 7) is 6.47. The van der Waals surface area contributed by atoms with Crippen molar-refractivity contribution in [3.05, 3.63) is 18.0 Å². The number of hydrogen-bond donors (Lipinski definition) is 1. The predicted octanol–water partition coefficient (Wildman–Crippen LogP) is 2.57. The van der Waals surface area contributed by atoms with Gasteiger partial charge < -0.3 is 5.32 Å². The van der Waals surface area contributed by atoms with Crippen LogP contribution in [0.1, 0.15) is 45.1 Å². The van der Waals surface area contributed by atoms with E-state index in [9.17, 15) is 0 Å². The number of nitrogens with zero attached hydrogens (tertiary/aromatic N) is 2. The van der Waals surface area contributed by atoms with E-state index in [2.05, 4.69) is 30.5 Å². The van der Waals surface area contributed by atoms with Crippen LogP contribution < -0.4 is 5.32 Å². The van der Waals surface area contributed by atoms with Gasteiger partial charge in [0, 0.05) is 30.9 Å². The highest BCUT2D eigenvalue weighted by atomic mass is 15.3. The van der Waals surface area contributed by atoms with Crippen molar-refractivity contribution >= 4 is 0 Å². The molecule has 1 saturated carbocycles. The van der Waals surface area contributed by atoms with Crippen LogP contribution in [0, 0.1) is 5.92 Å². The second kappa shape index (κ2) is 5.48. The molecule has 1 atom stereocenters. The normalized spacial score (nSPS) is 18.4. The fourth-order valence-corrected chi connectivity index (χ4v) is 2.23. The molecule has 0 aliphatic heterocycles. The van der Waals surface area contributed by atoms with Crippen molar-refractivity contribution in [3.8, 4) is 0 Å². The first kappa shape index (κ1) is 11.6. The van der Waals surface area contributed by atoms with Crippen LogP contribution in [0.25, 0.3) is 0 Å². The average Bonchev–Trinajstić information content (AvgIpc) is 2.61. The molecule has 1 heterocycles. The second-order valence-electron chi connectivity index (χ2n) is 4.97. The van der Waals surface area contributed by atoms with Crippen LogP contribution in [-0.2, 0) is 13.1 Å². The van der Waals surface area contributed by atoms with Gasteiger partial charge in [0.2, 0.25) is 0 Å². The standard InChI is InChI=1S/C13H23N3/c1-3-7-16-10-12(9-15-16)8-14-11(2)13-5-4-6-13/h9-11,13-14H,3-8H2,1-2H3. The summed E-state index contributed by atoms with van der Waals surface area (Å²) in [5.41, 5.74) is 1.31. The molecular formula is C13H23N3. The molecule has 1 unspecified atom stereocenters. The van der Waals surface area contributed by atoms with E-state index in [0.717, 1.165) is 25.4 Å². The first-order valence-corrected chi connectivity index (χ1v) is 6.54. The lowest BCUT2D eigenvalue weighted by molar-refractivity contribution is 0.240. The summed E-state index contributed by atoms with van der Waals surface area (Å²) in [7, 11) is 0. The van der Waals surface area contributed by atoms with E-state index in [1.165, 1.54) is 24.8 Å². The van der Waals surface area contributed by atoms with Gasteiger partial charge in [-0.1, -0.05) is 13.3 Å². The SMILES string of the molecule is CCCn1cc(CNC(C)C2CCC2)cn1. The molecule has 1 aliphatic rings. The third kappa shape index (κ3) is 2.85. The molecule has 0 saturated heterocycles. The Morgan fingerprint density at radius 1 is 1.56 bits per heavy atom. The molecule has 1 fully saturated rings. The molecule has 1 N–H and O–H groups in total. The smallest absolute Gasteiger partial charge is 0.0534 e. The van der Waals surface area contributed by atoms with Gasteiger partial charge in [-0.25, -0.2) is 0 Å². The van der Waals surface area contributed by atoms with Crippen LogP contribution in [0.4, 0.5) is 0 Å². The Labute approximate surface area is 98.2 Å². The van der Waals surface area contributed by atoms with Crippen LogP contribution in [0.3, 0.4) is 0 Å². The molecule has 2 rings (SSSR count). The highest BCUT2D eigenvalue weighted by Crippen LogP contribution is 2.29. The largest absolute Gasteiger partial charge is 0.310 e. The topological polar surface area (TPSA) is 29.9 Å². The highest BCUT2D eigenvalue weighted by molar-refractivity contribution is 5.03. The van der Waals surface area contributed by atoms with Gasteiger partial charge in [-0.05, 0) is 32.1 Å². The fraction of sp³-hybridized carbons (Fsp3) is 0.769. The minimum absolute atomic E-state index is 0.656. The van der Waals surface area contributed by atoms with Crippen LogP contribution in [0.2, 0.25) is 0 Å². The van der Waals surface area contributed by atoms with E-state index in [0.29, 0.717) is 6.04 Å². The molecular weight excluding hydrogens is 198 g/mol. The van der Waals surface area contributed by atoms with E-state index in [1.54, 1.807) is 0 Å². The van der Waals surface area contributed by atoms with Crippen LogP contribution >= 0.6 is 0 Å². The van der Waals surface area contributed by atoms with E-state index >= 15 is 0 Å². The van der Waals surface area contributed by atoms with Gasteiger partial charge in [-0.15, -0.1) is 0 Å². The molecule has 3 nitrogen and oxygen atoms in total. The van der Waals surface area contributed by atoms with Gasteiger partial charge in [-0.2, -0.15) is 5.10 Å². The quantitative estimate of drug-likeness (QED) is 0.800. The van der Waals surface area contributed by atoms with Crippen LogP contribution in [0.5, 0.6) is 0 Å². The van der Waals surface area contributed by atoms with Crippen molar-refractivity contribution < 1.29 is 0 Å². The Bertz CT molecular complexity index is 315. The minimum Gasteiger partial charge on any atom is -0.310 e. The van der Waals surface area contributed by atoms with Crippen molar-refractivity contribution in [3.63, 3.8) is 0 Å². The zero-order valence-corrected chi connectivity index (χ0v) is 10.4. The zero-order valence-electron chi connectivity index (χ0n) is 10.4. The van der Waals surface area contributed by atoms with Gasteiger partial charge in [0.25, 0.3) is 0 Å². The monoisotopic (exact) mass is 221 g/mol. The summed E-state index contributed by atoms with van der Waals surface area (Å²) in [5.74, 6) is 0.908. The summed E-state index contributed by atoms with van der Waals surface area (Å²) in [6, 6.07) is 0.656. The summed E-state index contributed by atoms with van der Waals surface area (Å²) >= 11 is 0. The Morgan fingerprint density at radius 3 is 3.00 bits per heavy atom. The lowest BCUT2D eigenvalue weighted by atomic mass is 9.80. The summed E-state index contributed by atoms with van der Waals surface area (Å²) in [4.78, 5) is 0. The summed E-state index contributed by atoms with van der Waals surface area (Å²) in [6.07, 6.45) is 9.52. The number of hydrogen-bond acceptors (Lipinski definition) is 2. The zero-order chi connectivity index (χ0) is 11.4. The minimum atomic E-state index is 0.656. The predicted molar refractivity (Wildman–Crippen MR) is 66.2 cm³/mol. The van der Waals surface area contributed by atoms with Gasteiger partial charge in [0.15, 0.2) is 0 Å². The molecule has 16 heavy (non-hydrogen) atoms. The molecule has 0 aromatic carbocycles. The maximum atomic E-state index is 4.34. The molecule has 1 aromatic heterocycles. The molecule has 0 radical (unpaired) electrons. The van der Waals surface area contributed by atoms with Gasteiger partial charge in [-0.3, -0.25) is 4.68 Å². The Hall–Kier alpha value is -0.830. The molecule has 1 aromatic rings. The van der Waals surface area contributed by atoms with Gasteiger partial charge >= 0.3 is 0 Å². The number of nitrogens with one attached hydrogen (secondary N) is 1. The van der Waals surface area contributed by atoms with E-state index in [-0.39, 0.29) is 0 Å². The lowest BCUT2D eigenvalue weighted by Gasteiger charge is -2.31. The average molecular weight is 221 g/mol. The fourth-order valence-electron chi connectivity index (χ4n) is 2.23. The first-order valence-electron chi connectivity index (χ1n) is 6.54. The van der Waals surface area contributed by atoms with Crippen molar-refractivity contribution in [1.29, 1.82) is 0 Å². The van der Waals surface area contributed by atoms with Crippen molar-refractivity contribution in [2.24, 2.45) is 5.92 Å². The number of aromatic nitrogens is 2. The first-order chi connectivity index (χ1) is 7.79. The molecule has 0 amide bonds. The number of aryl methyl sites for hydroxylation is 1. The second-order valence-corrected chi connectivity index (χ2v) is 4.97. The Morgan fingerprint density at radius 2 is 2.38 bits per heavy atom. The third-order valence-corrected chi connectivity index (χ3v) is 3.62. The molecule has 3 heteroatoms. The van der Waals surface area contributed by atoms with Crippen molar-refractivity contribution in [1.82, 2.24) is 15.1 Å². The summed E-state index contributed by atoms with van der Waals surface area (Å²) in [5, 5.41) is 7.94. The van der Waals surface area contributed by atoms with E-state index in [1.807, 2.05) is 10.9 Å². The van der Waals surface area contributed by atoms with E-state index in [4.69, 9.17) is 0 Å². The van der Waals surface area contributed by atoms with Crippen LogP contribution in [-0.4, -0.2) is 15.8 Å². The van der Waals surface area contributed by atoms with E-state index < -0.39 is 0 Å². The van der Waals surface area contributed by atoms with Gasteiger partial charge in [0.1, 0.15) is 0 Å². The maximum absolute atomic E-state index is 4.34. The Kier molecular flexibility index (Phi) is 3.99. The van der Waals surface area contributed by atoms with Crippen molar-refractivity contribution in [2.75, 3.05) is 0 Å². The van der Waals surface area contributed by atoms with Crippen molar-refractivity contribution in [2.45, 2.75) is 58.7 Å². The maximum Gasteiger partial charge on any atom is 0.0534 e. The number of rotatable bonds is 6. The van der Waals surface area contributed by atoms with Gasteiger partial charge in [0.05, 0.1) is 6.20 Å². The third-order valence-electron chi connectivity index (χ3n) is 3.62. The lowest BCUT2D eigenvalue weighted by Crippen LogP contribution is -2.36. The highest BCUT2D eigenvalue weighted by Gasteiger charge is 2.23. The Balaban J connectivity index is 1.75. The molecule has 90 valence electrons.